The van der Waals surface area contributed by atoms with Crippen LogP contribution in [0.15, 0.2) is 6.07 Å². The SMILES string of the molecule is Cc1cc2nc(CC(F)(F)F)nn2c(Cl)c1C. The van der Waals surface area contributed by atoms with Crippen molar-refractivity contribution < 1.29 is 13.2 Å². The number of halogens is 4. The van der Waals surface area contributed by atoms with Crippen molar-refractivity contribution in [1.29, 1.82) is 0 Å². The number of alkyl halides is 3. The van der Waals surface area contributed by atoms with Gasteiger partial charge in [0.15, 0.2) is 11.5 Å². The van der Waals surface area contributed by atoms with Crippen molar-refractivity contribution in [2.45, 2.75) is 26.4 Å². The second-order valence-electron chi connectivity index (χ2n) is 3.83. The first kappa shape index (κ1) is 12.2. The molecular weight excluding hydrogens is 255 g/mol. The highest BCUT2D eigenvalue weighted by molar-refractivity contribution is 6.30. The van der Waals surface area contributed by atoms with Gasteiger partial charge >= 0.3 is 6.18 Å². The Labute approximate surface area is 100 Å². The monoisotopic (exact) mass is 263 g/mol. The van der Waals surface area contributed by atoms with E-state index in [2.05, 4.69) is 10.1 Å². The highest BCUT2D eigenvalue weighted by atomic mass is 35.5. The van der Waals surface area contributed by atoms with Crippen LogP contribution in [0, 0.1) is 13.8 Å². The van der Waals surface area contributed by atoms with Crippen molar-refractivity contribution in [3.05, 3.63) is 28.2 Å². The Bertz CT molecular complexity index is 574. The molecule has 0 bridgehead atoms. The first-order chi connectivity index (χ1) is 7.78. The molecule has 92 valence electrons. The van der Waals surface area contributed by atoms with Crippen LogP contribution in [0.3, 0.4) is 0 Å². The third-order valence-corrected chi connectivity index (χ3v) is 2.91. The van der Waals surface area contributed by atoms with Gasteiger partial charge in [-0.25, -0.2) is 9.50 Å². The summed E-state index contributed by atoms with van der Waals surface area (Å²) in [5.74, 6) is -0.274. The van der Waals surface area contributed by atoms with Crippen LogP contribution in [0.25, 0.3) is 5.65 Å². The Balaban J connectivity index is 2.55. The van der Waals surface area contributed by atoms with E-state index >= 15 is 0 Å². The summed E-state index contributed by atoms with van der Waals surface area (Å²) in [6.07, 6.45) is -5.47. The molecule has 0 amide bonds. The van der Waals surface area contributed by atoms with Crippen molar-refractivity contribution >= 4 is 17.2 Å². The smallest absolute Gasteiger partial charge is 0.211 e. The maximum absolute atomic E-state index is 12.2. The fourth-order valence-corrected chi connectivity index (χ4v) is 1.76. The van der Waals surface area contributed by atoms with Crippen LogP contribution in [0.5, 0.6) is 0 Å². The molecule has 0 saturated heterocycles. The molecule has 0 aromatic carbocycles. The average molecular weight is 264 g/mol. The number of aryl methyl sites for hydroxylation is 1. The number of fused-ring (bicyclic) bond motifs is 1. The minimum atomic E-state index is -4.32. The first-order valence-corrected chi connectivity index (χ1v) is 5.24. The molecule has 0 aliphatic carbocycles. The molecule has 17 heavy (non-hydrogen) atoms. The number of pyridine rings is 1. The zero-order valence-corrected chi connectivity index (χ0v) is 9.89. The zero-order chi connectivity index (χ0) is 12.8. The van der Waals surface area contributed by atoms with Gasteiger partial charge in [0, 0.05) is 0 Å². The normalized spacial score (nSPS) is 12.4. The van der Waals surface area contributed by atoms with Crippen LogP contribution in [0.2, 0.25) is 5.15 Å². The number of hydrogen-bond acceptors (Lipinski definition) is 2. The van der Waals surface area contributed by atoms with Crippen LogP contribution in [0.4, 0.5) is 13.2 Å². The fraction of sp³-hybridized carbons (Fsp3) is 0.400. The van der Waals surface area contributed by atoms with E-state index in [-0.39, 0.29) is 5.82 Å². The van der Waals surface area contributed by atoms with Crippen LogP contribution in [-0.2, 0) is 6.42 Å². The lowest BCUT2D eigenvalue weighted by molar-refractivity contribution is -0.128. The largest absolute Gasteiger partial charge is 0.396 e. The lowest BCUT2D eigenvalue weighted by Crippen LogP contribution is -2.12. The summed E-state index contributed by atoms with van der Waals surface area (Å²) in [7, 11) is 0. The summed E-state index contributed by atoms with van der Waals surface area (Å²) < 4.78 is 37.8. The van der Waals surface area contributed by atoms with E-state index in [1.54, 1.807) is 13.0 Å². The van der Waals surface area contributed by atoms with Crippen molar-refractivity contribution in [2.24, 2.45) is 0 Å². The molecule has 0 N–H and O–H groups in total. The van der Waals surface area contributed by atoms with Gasteiger partial charge in [-0.1, -0.05) is 11.6 Å². The van der Waals surface area contributed by atoms with Crippen molar-refractivity contribution in [2.75, 3.05) is 0 Å². The van der Waals surface area contributed by atoms with Gasteiger partial charge in [-0.3, -0.25) is 0 Å². The van der Waals surface area contributed by atoms with Gasteiger partial charge in [-0.05, 0) is 31.0 Å². The summed E-state index contributed by atoms with van der Waals surface area (Å²) in [5.41, 5.74) is 1.98. The number of aromatic nitrogens is 3. The quantitative estimate of drug-likeness (QED) is 0.740. The molecule has 2 heterocycles. The van der Waals surface area contributed by atoms with E-state index in [0.29, 0.717) is 10.8 Å². The molecule has 0 saturated carbocycles. The minimum absolute atomic E-state index is 0.274. The predicted molar refractivity (Wildman–Crippen MR) is 57.2 cm³/mol. The van der Waals surface area contributed by atoms with Gasteiger partial charge in [0.2, 0.25) is 0 Å². The summed E-state index contributed by atoms with van der Waals surface area (Å²) in [6, 6.07) is 1.66. The van der Waals surface area contributed by atoms with Crippen molar-refractivity contribution in [1.82, 2.24) is 14.6 Å². The molecule has 0 unspecified atom stereocenters. The molecule has 7 heteroatoms. The Kier molecular flexibility index (Phi) is 2.77. The van der Waals surface area contributed by atoms with Crippen molar-refractivity contribution in [3.63, 3.8) is 0 Å². The van der Waals surface area contributed by atoms with E-state index in [9.17, 15) is 13.2 Å². The topological polar surface area (TPSA) is 30.2 Å². The van der Waals surface area contributed by atoms with E-state index < -0.39 is 12.6 Å². The van der Waals surface area contributed by atoms with Crippen LogP contribution in [-0.4, -0.2) is 20.8 Å². The van der Waals surface area contributed by atoms with E-state index in [4.69, 9.17) is 11.6 Å². The zero-order valence-electron chi connectivity index (χ0n) is 9.14. The van der Waals surface area contributed by atoms with Crippen LogP contribution >= 0.6 is 11.6 Å². The lowest BCUT2D eigenvalue weighted by Gasteiger charge is -2.03. The first-order valence-electron chi connectivity index (χ1n) is 4.86. The molecule has 0 radical (unpaired) electrons. The second-order valence-corrected chi connectivity index (χ2v) is 4.19. The minimum Gasteiger partial charge on any atom is -0.211 e. The predicted octanol–water partition coefficient (Wildman–Crippen LogP) is 3.10. The average Bonchev–Trinajstić information content (AvgIpc) is 2.54. The molecule has 2 aromatic heterocycles. The summed E-state index contributed by atoms with van der Waals surface area (Å²) in [4.78, 5) is 3.81. The summed E-state index contributed by atoms with van der Waals surface area (Å²) in [6.45, 7) is 3.60. The Morgan fingerprint density at radius 3 is 2.59 bits per heavy atom. The molecule has 0 spiro atoms. The number of nitrogens with zero attached hydrogens (tertiary/aromatic N) is 3. The van der Waals surface area contributed by atoms with Crippen LogP contribution < -0.4 is 0 Å². The Hall–Kier alpha value is -1.30. The van der Waals surface area contributed by atoms with E-state index in [0.717, 1.165) is 11.1 Å². The Morgan fingerprint density at radius 1 is 1.35 bits per heavy atom. The van der Waals surface area contributed by atoms with Crippen LogP contribution in [0.1, 0.15) is 17.0 Å². The number of hydrogen-bond donors (Lipinski definition) is 0. The van der Waals surface area contributed by atoms with Gasteiger partial charge in [0.05, 0.1) is 0 Å². The van der Waals surface area contributed by atoms with Gasteiger partial charge in [0.1, 0.15) is 11.6 Å². The third-order valence-electron chi connectivity index (χ3n) is 2.47. The highest BCUT2D eigenvalue weighted by Gasteiger charge is 2.30. The summed E-state index contributed by atoms with van der Waals surface area (Å²) >= 11 is 6.00. The molecule has 3 nitrogen and oxygen atoms in total. The molecule has 2 rings (SSSR count). The molecular formula is C10H9ClF3N3. The van der Waals surface area contributed by atoms with E-state index in [1.165, 1.54) is 4.52 Å². The molecule has 0 atom stereocenters. The standard InChI is InChI=1S/C10H9ClF3N3/c1-5-3-8-15-7(4-10(12,13)14)16-17(8)9(11)6(5)2/h3H,4H2,1-2H3. The maximum Gasteiger partial charge on any atom is 0.396 e. The Morgan fingerprint density at radius 2 is 2.00 bits per heavy atom. The summed E-state index contributed by atoms with van der Waals surface area (Å²) in [5, 5.41) is 4.05. The second kappa shape index (κ2) is 3.87. The van der Waals surface area contributed by atoms with Gasteiger partial charge in [-0.2, -0.15) is 13.2 Å². The van der Waals surface area contributed by atoms with Gasteiger partial charge < -0.3 is 0 Å². The van der Waals surface area contributed by atoms with E-state index in [1.807, 2.05) is 6.92 Å². The molecule has 2 aromatic rings. The highest BCUT2D eigenvalue weighted by Crippen LogP contribution is 2.23. The lowest BCUT2D eigenvalue weighted by atomic mass is 10.2. The molecule has 0 fully saturated rings. The fourth-order valence-electron chi connectivity index (χ4n) is 1.48. The molecule has 0 aliphatic rings. The third kappa shape index (κ3) is 2.36. The molecule has 0 aliphatic heterocycles. The number of rotatable bonds is 1. The van der Waals surface area contributed by atoms with Crippen molar-refractivity contribution in [3.8, 4) is 0 Å². The maximum atomic E-state index is 12.2. The van der Waals surface area contributed by atoms with Gasteiger partial charge in [-0.15, -0.1) is 5.10 Å². The van der Waals surface area contributed by atoms with Gasteiger partial charge in [0.25, 0.3) is 0 Å².